The Hall–Kier alpha value is -2.86. The summed E-state index contributed by atoms with van der Waals surface area (Å²) in [5.74, 6) is 0.634. The number of aromatic nitrogens is 2. The van der Waals surface area contributed by atoms with Crippen molar-refractivity contribution >= 4 is 17.5 Å². The number of carbonyl (C=O) groups excluding carboxylic acids is 1. The van der Waals surface area contributed by atoms with Gasteiger partial charge in [0.2, 0.25) is 5.88 Å². The van der Waals surface area contributed by atoms with Crippen molar-refractivity contribution < 1.29 is 14.1 Å². The van der Waals surface area contributed by atoms with Crippen LogP contribution in [-0.4, -0.2) is 22.7 Å². The van der Waals surface area contributed by atoms with Crippen molar-refractivity contribution in [3.05, 3.63) is 64.9 Å². The van der Waals surface area contributed by atoms with Crippen molar-refractivity contribution in [2.75, 3.05) is 6.61 Å². The molecule has 2 aromatic heterocycles. The van der Waals surface area contributed by atoms with Crippen LogP contribution in [0.15, 0.2) is 53.2 Å². The zero-order chi connectivity index (χ0) is 17.6. The summed E-state index contributed by atoms with van der Waals surface area (Å²) in [6.07, 6.45) is 1.58. The number of rotatable bonds is 6. The van der Waals surface area contributed by atoms with Gasteiger partial charge in [-0.15, -0.1) is 0 Å². The molecule has 1 amide bonds. The van der Waals surface area contributed by atoms with E-state index in [-0.39, 0.29) is 12.5 Å². The Morgan fingerprint density at radius 1 is 1.28 bits per heavy atom. The van der Waals surface area contributed by atoms with Crippen molar-refractivity contribution in [3.63, 3.8) is 0 Å². The smallest absolute Gasteiger partial charge is 0.257 e. The first-order valence-electron chi connectivity index (χ1n) is 7.75. The van der Waals surface area contributed by atoms with E-state index < -0.39 is 0 Å². The van der Waals surface area contributed by atoms with Crippen molar-refractivity contribution in [1.82, 2.24) is 15.5 Å². The Balaban J connectivity index is 1.66. The highest BCUT2D eigenvalue weighted by molar-refractivity contribution is 6.30. The molecule has 0 atom stereocenters. The average Bonchev–Trinajstić information content (AvgIpc) is 3.10. The predicted octanol–water partition coefficient (Wildman–Crippen LogP) is 3.72. The van der Waals surface area contributed by atoms with Crippen LogP contribution in [0.1, 0.15) is 23.0 Å². The Kier molecular flexibility index (Phi) is 5.30. The number of benzene rings is 1. The quantitative estimate of drug-likeness (QED) is 0.727. The standard InChI is InChI=1S/C18H16ClN3O3/c1-2-24-18-15(4-3-9-20-18)17(23)21-11-14-10-16(25-22-14)12-5-7-13(19)8-6-12/h3-10H,2,11H2,1H3,(H,21,23). The molecule has 6 nitrogen and oxygen atoms in total. The Bertz CT molecular complexity index is 862. The van der Waals surface area contributed by atoms with E-state index in [1.54, 1.807) is 36.5 Å². The number of hydrogen-bond donors (Lipinski definition) is 1. The lowest BCUT2D eigenvalue weighted by Gasteiger charge is -2.08. The summed E-state index contributed by atoms with van der Waals surface area (Å²) >= 11 is 5.87. The summed E-state index contributed by atoms with van der Waals surface area (Å²) in [6, 6.07) is 12.4. The summed E-state index contributed by atoms with van der Waals surface area (Å²) in [5.41, 5.74) is 1.85. The molecule has 1 N–H and O–H groups in total. The van der Waals surface area contributed by atoms with Gasteiger partial charge in [0.25, 0.3) is 5.91 Å². The molecule has 0 saturated heterocycles. The summed E-state index contributed by atoms with van der Waals surface area (Å²) < 4.78 is 10.7. The molecule has 25 heavy (non-hydrogen) atoms. The zero-order valence-corrected chi connectivity index (χ0v) is 14.3. The van der Waals surface area contributed by atoms with Gasteiger partial charge in [0.05, 0.1) is 13.2 Å². The van der Waals surface area contributed by atoms with Crippen LogP contribution >= 0.6 is 11.6 Å². The van der Waals surface area contributed by atoms with Crippen molar-refractivity contribution in [2.45, 2.75) is 13.5 Å². The molecule has 0 spiro atoms. The third kappa shape index (κ3) is 4.16. The highest BCUT2D eigenvalue weighted by Crippen LogP contribution is 2.22. The van der Waals surface area contributed by atoms with Gasteiger partial charge in [0.15, 0.2) is 5.76 Å². The number of amides is 1. The van der Waals surface area contributed by atoms with Crippen LogP contribution in [0.25, 0.3) is 11.3 Å². The molecule has 1 aromatic carbocycles. The number of nitrogens with one attached hydrogen (secondary N) is 1. The molecule has 0 radical (unpaired) electrons. The Labute approximate surface area is 149 Å². The number of nitrogens with zero attached hydrogens (tertiary/aromatic N) is 2. The van der Waals surface area contributed by atoms with Gasteiger partial charge < -0.3 is 14.6 Å². The van der Waals surface area contributed by atoms with Crippen molar-refractivity contribution in [2.24, 2.45) is 0 Å². The molecule has 0 unspecified atom stereocenters. The summed E-state index contributed by atoms with van der Waals surface area (Å²) in [5, 5.41) is 7.41. The molecule has 3 aromatic rings. The summed E-state index contributed by atoms with van der Waals surface area (Å²) in [4.78, 5) is 16.4. The molecule has 0 bridgehead atoms. The van der Waals surface area contributed by atoms with Crippen LogP contribution in [0, 0.1) is 0 Å². The Morgan fingerprint density at radius 3 is 2.84 bits per heavy atom. The van der Waals surface area contributed by atoms with Gasteiger partial charge >= 0.3 is 0 Å². The monoisotopic (exact) mass is 357 g/mol. The largest absolute Gasteiger partial charge is 0.477 e. The highest BCUT2D eigenvalue weighted by atomic mass is 35.5. The number of halogens is 1. The topological polar surface area (TPSA) is 77.2 Å². The fourth-order valence-corrected chi connectivity index (χ4v) is 2.35. The third-order valence-electron chi connectivity index (χ3n) is 3.41. The van der Waals surface area contributed by atoms with Gasteiger partial charge in [-0.2, -0.15) is 0 Å². The van der Waals surface area contributed by atoms with Crippen LogP contribution in [-0.2, 0) is 6.54 Å². The van der Waals surface area contributed by atoms with E-state index in [4.69, 9.17) is 20.9 Å². The lowest BCUT2D eigenvalue weighted by atomic mass is 10.1. The van der Waals surface area contributed by atoms with E-state index in [1.165, 1.54) is 0 Å². The molecule has 0 saturated carbocycles. The maximum absolute atomic E-state index is 12.3. The summed E-state index contributed by atoms with van der Waals surface area (Å²) in [7, 11) is 0. The molecule has 3 rings (SSSR count). The van der Waals surface area contributed by atoms with Crippen molar-refractivity contribution in [1.29, 1.82) is 0 Å². The summed E-state index contributed by atoms with van der Waals surface area (Å²) in [6.45, 7) is 2.51. The van der Waals surface area contributed by atoms with Crippen LogP contribution in [0.4, 0.5) is 0 Å². The molecule has 2 heterocycles. The van der Waals surface area contributed by atoms with Crippen LogP contribution in [0.5, 0.6) is 5.88 Å². The fourth-order valence-electron chi connectivity index (χ4n) is 2.23. The second-order valence-electron chi connectivity index (χ2n) is 5.16. The Morgan fingerprint density at radius 2 is 2.08 bits per heavy atom. The molecule has 0 aliphatic rings. The van der Waals surface area contributed by atoms with Gasteiger partial charge in [-0.05, 0) is 43.3 Å². The SMILES string of the molecule is CCOc1ncccc1C(=O)NCc1cc(-c2ccc(Cl)cc2)on1. The van der Waals surface area contributed by atoms with E-state index in [1.807, 2.05) is 19.1 Å². The van der Waals surface area contributed by atoms with Gasteiger partial charge in [0, 0.05) is 22.8 Å². The molecule has 128 valence electrons. The van der Waals surface area contributed by atoms with E-state index >= 15 is 0 Å². The van der Waals surface area contributed by atoms with Gasteiger partial charge in [-0.1, -0.05) is 16.8 Å². The zero-order valence-electron chi connectivity index (χ0n) is 13.5. The molecule has 0 aliphatic carbocycles. The molecular formula is C18H16ClN3O3. The normalized spacial score (nSPS) is 10.5. The number of pyridine rings is 1. The molecule has 7 heteroatoms. The second-order valence-corrected chi connectivity index (χ2v) is 5.60. The first-order chi connectivity index (χ1) is 12.2. The fraction of sp³-hybridized carbons (Fsp3) is 0.167. The molecular weight excluding hydrogens is 342 g/mol. The van der Waals surface area contributed by atoms with Crippen molar-refractivity contribution in [3.8, 4) is 17.2 Å². The maximum atomic E-state index is 12.3. The van der Waals surface area contributed by atoms with Gasteiger partial charge in [-0.25, -0.2) is 4.98 Å². The lowest BCUT2D eigenvalue weighted by molar-refractivity contribution is 0.0945. The highest BCUT2D eigenvalue weighted by Gasteiger charge is 2.14. The first-order valence-corrected chi connectivity index (χ1v) is 8.12. The van der Waals surface area contributed by atoms with Crippen LogP contribution in [0.3, 0.4) is 0 Å². The minimum absolute atomic E-state index is 0.233. The minimum atomic E-state index is -0.285. The second kappa shape index (κ2) is 7.81. The van der Waals surface area contributed by atoms with Gasteiger partial charge in [0.1, 0.15) is 11.3 Å². The number of hydrogen-bond acceptors (Lipinski definition) is 5. The minimum Gasteiger partial charge on any atom is -0.477 e. The van der Waals surface area contributed by atoms with E-state index in [9.17, 15) is 4.79 Å². The maximum Gasteiger partial charge on any atom is 0.257 e. The first kappa shape index (κ1) is 17.0. The van der Waals surface area contributed by atoms with E-state index in [2.05, 4.69) is 15.5 Å². The van der Waals surface area contributed by atoms with E-state index in [0.29, 0.717) is 34.5 Å². The van der Waals surface area contributed by atoms with E-state index in [0.717, 1.165) is 5.56 Å². The average molecular weight is 358 g/mol. The van der Waals surface area contributed by atoms with Crippen LogP contribution < -0.4 is 10.1 Å². The molecule has 0 fully saturated rings. The van der Waals surface area contributed by atoms with Gasteiger partial charge in [-0.3, -0.25) is 4.79 Å². The number of carbonyl (C=O) groups is 1. The number of ether oxygens (including phenoxy) is 1. The predicted molar refractivity (Wildman–Crippen MR) is 93.5 cm³/mol. The third-order valence-corrected chi connectivity index (χ3v) is 3.67. The lowest BCUT2D eigenvalue weighted by Crippen LogP contribution is -2.24. The molecule has 0 aliphatic heterocycles. The van der Waals surface area contributed by atoms with Crippen LogP contribution in [0.2, 0.25) is 5.02 Å².